The van der Waals surface area contributed by atoms with Gasteiger partial charge in [0.2, 0.25) is 5.88 Å². The second kappa shape index (κ2) is 4.61. The molecule has 0 saturated carbocycles. The van der Waals surface area contributed by atoms with Gasteiger partial charge < -0.3 is 15.6 Å². The highest BCUT2D eigenvalue weighted by molar-refractivity contribution is 5.52. The smallest absolute Gasteiger partial charge is 0.205 e. The van der Waals surface area contributed by atoms with Gasteiger partial charge in [0.15, 0.2) is 0 Å². The van der Waals surface area contributed by atoms with Gasteiger partial charge in [-0.15, -0.1) is 0 Å². The van der Waals surface area contributed by atoms with Gasteiger partial charge in [-0.2, -0.15) is 5.26 Å². The Labute approximate surface area is 106 Å². The van der Waals surface area contributed by atoms with Crippen LogP contribution in [0.3, 0.4) is 0 Å². The third-order valence-corrected chi connectivity index (χ3v) is 3.03. The van der Waals surface area contributed by atoms with Crippen molar-refractivity contribution in [2.45, 2.75) is 26.2 Å². The van der Waals surface area contributed by atoms with Crippen molar-refractivity contribution in [3.8, 4) is 17.6 Å². The number of ether oxygens (including phenoxy) is 1. The Morgan fingerprint density at radius 3 is 2.83 bits per heavy atom. The van der Waals surface area contributed by atoms with E-state index in [1.165, 1.54) is 6.07 Å². The standard InChI is InChI=1S/C14H16N2O2/c1-8(2)5-11-10-4-3-9(17)6-13(10)18-14(16)12(11)7-15/h3-4,6,8,11,17H,5,16H2,1-2H3/t11-/m1/s1. The molecule has 0 aromatic heterocycles. The number of rotatable bonds is 2. The quantitative estimate of drug-likeness (QED) is 0.838. The van der Waals surface area contributed by atoms with Crippen LogP contribution in [0.25, 0.3) is 0 Å². The molecule has 4 nitrogen and oxygen atoms in total. The monoisotopic (exact) mass is 244 g/mol. The minimum absolute atomic E-state index is 0.0562. The maximum absolute atomic E-state index is 9.46. The van der Waals surface area contributed by atoms with E-state index in [9.17, 15) is 10.4 Å². The van der Waals surface area contributed by atoms with Crippen molar-refractivity contribution in [3.05, 3.63) is 35.2 Å². The van der Waals surface area contributed by atoms with E-state index in [2.05, 4.69) is 19.9 Å². The van der Waals surface area contributed by atoms with Crippen LogP contribution >= 0.6 is 0 Å². The first-order valence-electron chi connectivity index (χ1n) is 5.93. The number of hydrogen-bond acceptors (Lipinski definition) is 4. The molecule has 0 aliphatic carbocycles. The van der Waals surface area contributed by atoms with Crippen LogP contribution in [0.15, 0.2) is 29.7 Å². The normalized spacial score (nSPS) is 18.2. The summed E-state index contributed by atoms with van der Waals surface area (Å²) in [5.74, 6) is 1.19. The van der Waals surface area contributed by atoms with Gasteiger partial charge >= 0.3 is 0 Å². The van der Waals surface area contributed by atoms with E-state index in [1.807, 2.05) is 0 Å². The Kier molecular flexibility index (Phi) is 3.15. The second-order valence-electron chi connectivity index (χ2n) is 4.90. The summed E-state index contributed by atoms with van der Waals surface area (Å²) < 4.78 is 5.40. The first-order chi connectivity index (χ1) is 8.52. The minimum Gasteiger partial charge on any atom is -0.508 e. The van der Waals surface area contributed by atoms with E-state index in [0.717, 1.165) is 12.0 Å². The molecule has 1 aromatic rings. The maximum Gasteiger partial charge on any atom is 0.205 e. The van der Waals surface area contributed by atoms with Gasteiger partial charge in [0.05, 0.1) is 5.57 Å². The zero-order chi connectivity index (χ0) is 13.3. The van der Waals surface area contributed by atoms with E-state index in [4.69, 9.17) is 10.5 Å². The Morgan fingerprint density at radius 1 is 1.50 bits per heavy atom. The van der Waals surface area contributed by atoms with E-state index in [1.54, 1.807) is 12.1 Å². The fourth-order valence-electron chi connectivity index (χ4n) is 2.25. The molecule has 1 aliphatic heterocycles. The van der Waals surface area contributed by atoms with E-state index >= 15 is 0 Å². The van der Waals surface area contributed by atoms with Gasteiger partial charge in [-0.25, -0.2) is 0 Å². The number of nitriles is 1. The number of phenolic OH excluding ortho intramolecular Hbond substituents is 1. The summed E-state index contributed by atoms with van der Waals surface area (Å²) in [5, 5.41) is 18.7. The zero-order valence-corrected chi connectivity index (χ0v) is 10.5. The van der Waals surface area contributed by atoms with Gasteiger partial charge in [0.25, 0.3) is 0 Å². The predicted molar refractivity (Wildman–Crippen MR) is 67.8 cm³/mol. The van der Waals surface area contributed by atoms with Gasteiger partial charge in [-0.05, 0) is 18.4 Å². The number of aromatic hydroxyl groups is 1. The highest BCUT2D eigenvalue weighted by atomic mass is 16.5. The van der Waals surface area contributed by atoms with Gasteiger partial charge in [0, 0.05) is 17.5 Å². The van der Waals surface area contributed by atoms with Gasteiger partial charge in [-0.1, -0.05) is 19.9 Å². The van der Waals surface area contributed by atoms with Crippen LogP contribution in [0.4, 0.5) is 0 Å². The van der Waals surface area contributed by atoms with Crippen LogP contribution in [-0.2, 0) is 0 Å². The average Bonchev–Trinajstić information content (AvgIpc) is 2.27. The Bertz CT molecular complexity index is 541. The molecule has 0 unspecified atom stereocenters. The van der Waals surface area contributed by atoms with Gasteiger partial charge in [-0.3, -0.25) is 0 Å². The molecule has 0 bridgehead atoms. The van der Waals surface area contributed by atoms with Crippen LogP contribution in [0.1, 0.15) is 31.7 Å². The SMILES string of the molecule is CC(C)C[C@H]1C(C#N)=C(N)Oc2cc(O)ccc21. The summed E-state index contributed by atoms with van der Waals surface area (Å²) in [7, 11) is 0. The number of allylic oxidation sites excluding steroid dienone is 1. The fourth-order valence-corrected chi connectivity index (χ4v) is 2.25. The Balaban J connectivity index is 2.50. The lowest BCUT2D eigenvalue weighted by Gasteiger charge is -2.27. The summed E-state index contributed by atoms with van der Waals surface area (Å²) in [6.07, 6.45) is 0.824. The second-order valence-corrected chi connectivity index (χ2v) is 4.90. The molecule has 0 spiro atoms. The zero-order valence-electron chi connectivity index (χ0n) is 10.5. The van der Waals surface area contributed by atoms with Gasteiger partial charge in [0.1, 0.15) is 17.6 Å². The third-order valence-electron chi connectivity index (χ3n) is 3.03. The molecule has 1 atom stereocenters. The van der Waals surface area contributed by atoms with Crippen LogP contribution in [0.5, 0.6) is 11.5 Å². The topological polar surface area (TPSA) is 79.3 Å². The lowest BCUT2D eigenvalue weighted by Crippen LogP contribution is -2.21. The lowest BCUT2D eigenvalue weighted by atomic mass is 9.83. The molecule has 0 saturated heterocycles. The van der Waals surface area contributed by atoms with Crippen molar-refractivity contribution in [2.75, 3.05) is 0 Å². The van der Waals surface area contributed by atoms with Crippen LogP contribution in [0, 0.1) is 17.2 Å². The van der Waals surface area contributed by atoms with E-state index in [-0.39, 0.29) is 17.6 Å². The van der Waals surface area contributed by atoms with Crippen molar-refractivity contribution in [1.82, 2.24) is 0 Å². The van der Waals surface area contributed by atoms with Crippen LogP contribution in [-0.4, -0.2) is 5.11 Å². The van der Waals surface area contributed by atoms with Crippen LogP contribution < -0.4 is 10.5 Å². The maximum atomic E-state index is 9.46. The molecule has 0 radical (unpaired) electrons. The molecule has 0 fully saturated rings. The number of nitrogens with zero attached hydrogens (tertiary/aromatic N) is 1. The highest BCUT2D eigenvalue weighted by Crippen LogP contribution is 2.42. The molecule has 3 N–H and O–H groups in total. The fraction of sp³-hybridized carbons (Fsp3) is 0.357. The summed E-state index contributed by atoms with van der Waals surface area (Å²) in [5.41, 5.74) is 7.16. The Hall–Kier alpha value is -2.15. The Morgan fingerprint density at radius 2 is 2.22 bits per heavy atom. The molecule has 1 aromatic carbocycles. The molecular weight excluding hydrogens is 228 g/mol. The largest absolute Gasteiger partial charge is 0.508 e. The van der Waals surface area contributed by atoms with Crippen molar-refractivity contribution in [3.63, 3.8) is 0 Å². The molecule has 1 heterocycles. The first-order valence-corrected chi connectivity index (χ1v) is 5.93. The summed E-state index contributed by atoms with van der Waals surface area (Å²) in [6.45, 7) is 4.20. The van der Waals surface area contributed by atoms with Crippen molar-refractivity contribution in [2.24, 2.45) is 11.7 Å². The van der Waals surface area contributed by atoms with Crippen molar-refractivity contribution >= 4 is 0 Å². The number of fused-ring (bicyclic) bond motifs is 1. The number of nitrogens with two attached hydrogens (primary N) is 1. The first kappa shape index (κ1) is 12.3. The van der Waals surface area contributed by atoms with E-state index in [0.29, 0.717) is 17.2 Å². The predicted octanol–water partition coefficient (Wildman–Crippen LogP) is 2.61. The highest BCUT2D eigenvalue weighted by Gasteiger charge is 2.29. The molecule has 1 aliphatic rings. The lowest BCUT2D eigenvalue weighted by molar-refractivity contribution is 0.373. The molecule has 4 heteroatoms. The van der Waals surface area contributed by atoms with E-state index < -0.39 is 0 Å². The van der Waals surface area contributed by atoms with Crippen LogP contribution in [0.2, 0.25) is 0 Å². The minimum atomic E-state index is -0.0562. The molecule has 2 rings (SSSR count). The average molecular weight is 244 g/mol. The summed E-state index contributed by atoms with van der Waals surface area (Å²) >= 11 is 0. The molecule has 18 heavy (non-hydrogen) atoms. The van der Waals surface area contributed by atoms with Crippen molar-refractivity contribution in [1.29, 1.82) is 5.26 Å². The number of hydrogen-bond donors (Lipinski definition) is 2. The third kappa shape index (κ3) is 2.12. The van der Waals surface area contributed by atoms with Crippen molar-refractivity contribution < 1.29 is 9.84 Å². The summed E-state index contributed by atoms with van der Waals surface area (Å²) in [4.78, 5) is 0. The summed E-state index contributed by atoms with van der Waals surface area (Å²) in [6, 6.07) is 7.06. The molecular formula is C14H16N2O2. The number of phenols is 1. The molecule has 0 amide bonds. The molecule has 94 valence electrons. The number of benzene rings is 1.